The summed E-state index contributed by atoms with van der Waals surface area (Å²) in [5, 5.41) is 21.3. The third-order valence-corrected chi connectivity index (χ3v) is 2.97. The molecular formula is C9H10N2O6S. The quantitative estimate of drug-likeness (QED) is 0.575. The van der Waals surface area contributed by atoms with Gasteiger partial charge in [-0.2, -0.15) is 0 Å². The van der Waals surface area contributed by atoms with Crippen LogP contribution in [0.3, 0.4) is 0 Å². The van der Waals surface area contributed by atoms with Crippen molar-refractivity contribution in [2.45, 2.75) is 6.04 Å². The molecule has 1 heterocycles. The number of rotatable bonds is 6. The molecule has 0 bridgehead atoms. The van der Waals surface area contributed by atoms with Crippen molar-refractivity contribution in [3.8, 4) is 0 Å². The minimum atomic E-state index is -1.24. The summed E-state index contributed by atoms with van der Waals surface area (Å²) in [6.07, 6.45) is 0. The monoisotopic (exact) mass is 274 g/mol. The number of aliphatic carboxylic acids is 1. The molecule has 8 nitrogen and oxygen atoms in total. The van der Waals surface area contributed by atoms with E-state index in [0.29, 0.717) is 11.3 Å². The molecule has 0 aliphatic carbocycles. The molecule has 0 aromatic carbocycles. The summed E-state index contributed by atoms with van der Waals surface area (Å²) in [5.41, 5.74) is 0. The fourth-order valence-electron chi connectivity index (χ4n) is 1.12. The maximum atomic E-state index is 11.6. The first-order valence-electron chi connectivity index (χ1n) is 4.72. The van der Waals surface area contributed by atoms with Crippen LogP contribution >= 0.6 is 11.3 Å². The van der Waals surface area contributed by atoms with Crippen molar-refractivity contribution in [1.29, 1.82) is 0 Å². The van der Waals surface area contributed by atoms with Gasteiger partial charge in [-0.25, -0.2) is 4.79 Å². The zero-order valence-electron chi connectivity index (χ0n) is 9.28. The number of carboxylic acids is 1. The predicted octanol–water partition coefficient (Wildman–Crippen LogP) is 0.486. The topological polar surface area (TPSA) is 119 Å². The summed E-state index contributed by atoms with van der Waals surface area (Å²) < 4.78 is 4.65. The van der Waals surface area contributed by atoms with E-state index >= 15 is 0 Å². The van der Waals surface area contributed by atoms with Crippen LogP contribution < -0.4 is 5.32 Å². The van der Waals surface area contributed by atoms with Crippen LogP contribution in [0.2, 0.25) is 0 Å². The van der Waals surface area contributed by atoms with E-state index in [1.807, 2.05) is 0 Å². The lowest BCUT2D eigenvalue weighted by Gasteiger charge is -2.12. The largest absolute Gasteiger partial charge is 0.480 e. The van der Waals surface area contributed by atoms with Crippen molar-refractivity contribution in [2.75, 3.05) is 13.7 Å². The number of carboxylic acid groups (broad SMARTS) is 1. The average Bonchev–Trinajstić information content (AvgIpc) is 2.77. The predicted molar refractivity (Wildman–Crippen MR) is 61.7 cm³/mol. The van der Waals surface area contributed by atoms with Gasteiger partial charge < -0.3 is 15.2 Å². The Morgan fingerprint density at radius 1 is 1.61 bits per heavy atom. The van der Waals surface area contributed by atoms with E-state index in [9.17, 15) is 19.7 Å². The van der Waals surface area contributed by atoms with Crippen LogP contribution in [0.25, 0.3) is 0 Å². The van der Waals surface area contributed by atoms with Gasteiger partial charge in [0, 0.05) is 13.2 Å². The van der Waals surface area contributed by atoms with Crippen LogP contribution in [0, 0.1) is 10.1 Å². The number of carbonyl (C=O) groups excluding carboxylic acids is 1. The van der Waals surface area contributed by atoms with Crippen LogP contribution in [-0.2, 0) is 9.53 Å². The third kappa shape index (κ3) is 3.50. The number of carbonyl (C=O) groups is 2. The second-order valence-corrected chi connectivity index (χ2v) is 4.28. The molecule has 0 radical (unpaired) electrons. The summed E-state index contributed by atoms with van der Waals surface area (Å²) in [4.78, 5) is 32.3. The maximum absolute atomic E-state index is 11.6. The lowest BCUT2D eigenvalue weighted by atomic mass is 10.3. The lowest BCUT2D eigenvalue weighted by Crippen LogP contribution is -2.43. The molecule has 0 fully saturated rings. The maximum Gasteiger partial charge on any atom is 0.328 e. The molecule has 0 aliphatic heterocycles. The molecular weight excluding hydrogens is 264 g/mol. The van der Waals surface area contributed by atoms with Crippen molar-refractivity contribution in [1.82, 2.24) is 5.32 Å². The van der Waals surface area contributed by atoms with Crippen molar-refractivity contribution < 1.29 is 24.4 Å². The molecule has 1 aromatic heterocycles. The SMILES string of the molecule is COCC(NC(=O)c1ccc([N+](=O)[O-])s1)C(=O)O. The Hall–Kier alpha value is -2.00. The molecule has 9 heteroatoms. The van der Waals surface area contributed by atoms with Crippen molar-refractivity contribution in [2.24, 2.45) is 0 Å². The van der Waals surface area contributed by atoms with E-state index in [1.54, 1.807) is 0 Å². The Bertz CT molecular complexity index is 471. The zero-order valence-corrected chi connectivity index (χ0v) is 10.1. The number of methoxy groups -OCH3 is 1. The number of amides is 1. The van der Waals surface area contributed by atoms with Crippen molar-refractivity contribution >= 4 is 28.2 Å². The first-order valence-corrected chi connectivity index (χ1v) is 5.54. The molecule has 1 amide bonds. The summed E-state index contributed by atoms with van der Waals surface area (Å²) in [7, 11) is 1.30. The molecule has 0 aliphatic rings. The second-order valence-electron chi connectivity index (χ2n) is 3.21. The summed E-state index contributed by atoms with van der Waals surface area (Å²) >= 11 is 0.676. The van der Waals surface area contributed by atoms with Gasteiger partial charge >= 0.3 is 11.0 Å². The molecule has 1 atom stereocenters. The number of ether oxygens (including phenoxy) is 1. The van der Waals surface area contributed by atoms with Crippen molar-refractivity contribution in [3.05, 3.63) is 27.1 Å². The fraction of sp³-hybridized carbons (Fsp3) is 0.333. The molecule has 98 valence electrons. The standard InChI is InChI=1S/C9H10N2O6S/c1-17-4-5(9(13)14)10-8(12)6-2-3-7(18-6)11(15)16/h2-3,5H,4H2,1H3,(H,10,12)(H,13,14). The number of thiophene rings is 1. The van der Waals surface area contributed by atoms with Gasteiger partial charge in [0.2, 0.25) is 0 Å². The van der Waals surface area contributed by atoms with Gasteiger partial charge in [-0.15, -0.1) is 0 Å². The van der Waals surface area contributed by atoms with Gasteiger partial charge in [-0.1, -0.05) is 11.3 Å². The van der Waals surface area contributed by atoms with Gasteiger partial charge in [0.15, 0.2) is 6.04 Å². The van der Waals surface area contributed by atoms with Gasteiger partial charge in [0.05, 0.1) is 16.4 Å². The van der Waals surface area contributed by atoms with Crippen LogP contribution in [-0.4, -0.2) is 41.7 Å². The van der Waals surface area contributed by atoms with E-state index in [-0.39, 0.29) is 16.5 Å². The Morgan fingerprint density at radius 3 is 2.72 bits per heavy atom. The second kappa shape index (κ2) is 6.07. The third-order valence-electron chi connectivity index (χ3n) is 1.93. The van der Waals surface area contributed by atoms with Gasteiger partial charge in [-0.05, 0) is 6.07 Å². The number of nitrogens with zero attached hydrogens (tertiary/aromatic N) is 1. The Morgan fingerprint density at radius 2 is 2.28 bits per heavy atom. The number of nitro groups is 1. The highest BCUT2D eigenvalue weighted by atomic mass is 32.1. The first-order chi connectivity index (χ1) is 8.45. The first kappa shape index (κ1) is 14.1. The molecule has 0 saturated heterocycles. The van der Waals surface area contributed by atoms with Crippen LogP contribution in [0.5, 0.6) is 0 Å². The normalized spacial score (nSPS) is 11.8. The Labute approximate surface area is 105 Å². The van der Waals surface area contributed by atoms with Crippen molar-refractivity contribution in [3.63, 3.8) is 0 Å². The summed E-state index contributed by atoms with van der Waals surface area (Å²) in [5.74, 6) is -1.92. The minimum Gasteiger partial charge on any atom is -0.480 e. The van der Waals surface area contributed by atoms with Gasteiger partial charge in [0.25, 0.3) is 5.91 Å². The summed E-state index contributed by atoms with van der Waals surface area (Å²) in [6, 6.07) is 1.26. The number of hydrogen-bond donors (Lipinski definition) is 2. The molecule has 1 unspecified atom stereocenters. The summed E-state index contributed by atoms with van der Waals surface area (Å²) in [6.45, 7) is -0.186. The van der Waals surface area contributed by atoms with E-state index in [2.05, 4.69) is 10.1 Å². The molecule has 18 heavy (non-hydrogen) atoms. The number of nitrogens with one attached hydrogen (secondary N) is 1. The van der Waals surface area contributed by atoms with Crippen LogP contribution in [0.4, 0.5) is 5.00 Å². The van der Waals surface area contributed by atoms with E-state index in [1.165, 1.54) is 19.2 Å². The van der Waals surface area contributed by atoms with E-state index < -0.39 is 22.8 Å². The van der Waals surface area contributed by atoms with Gasteiger partial charge in [-0.3, -0.25) is 14.9 Å². The van der Waals surface area contributed by atoms with E-state index in [4.69, 9.17) is 5.11 Å². The molecule has 0 saturated carbocycles. The van der Waals surface area contributed by atoms with Gasteiger partial charge in [0.1, 0.15) is 0 Å². The average molecular weight is 274 g/mol. The zero-order chi connectivity index (χ0) is 13.7. The smallest absolute Gasteiger partial charge is 0.328 e. The minimum absolute atomic E-state index is 0.0732. The highest BCUT2D eigenvalue weighted by Gasteiger charge is 2.22. The molecule has 1 aromatic rings. The Kier molecular flexibility index (Phi) is 4.75. The van der Waals surface area contributed by atoms with Crippen LogP contribution in [0.1, 0.15) is 9.67 Å². The lowest BCUT2D eigenvalue weighted by molar-refractivity contribution is -0.380. The van der Waals surface area contributed by atoms with E-state index in [0.717, 1.165) is 0 Å². The molecule has 2 N–H and O–H groups in total. The highest BCUT2D eigenvalue weighted by Crippen LogP contribution is 2.23. The fourth-order valence-corrected chi connectivity index (χ4v) is 1.84. The molecule has 0 spiro atoms. The molecule has 1 rings (SSSR count). The van der Waals surface area contributed by atoms with Crippen LogP contribution in [0.15, 0.2) is 12.1 Å². The Balaban J connectivity index is 2.74. The number of hydrogen-bond acceptors (Lipinski definition) is 6. The highest BCUT2D eigenvalue weighted by molar-refractivity contribution is 7.17.